The van der Waals surface area contributed by atoms with E-state index in [1.165, 1.54) is 31.4 Å². The summed E-state index contributed by atoms with van der Waals surface area (Å²) in [5.74, 6) is 1.06. The summed E-state index contributed by atoms with van der Waals surface area (Å²) < 4.78 is 10.9. The summed E-state index contributed by atoms with van der Waals surface area (Å²) in [5, 5.41) is 0. The predicted octanol–water partition coefficient (Wildman–Crippen LogP) is 4.84. The second-order valence-corrected chi connectivity index (χ2v) is 16.6. The summed E-state index contributed by atoms with van der Waals surface area (Å²) in [4.78, 5) is 79.7. The van der Waals surface area contributed by atoms with Crippen molar-refractivity contribution >= 4 is 68.5 Å². The van der Waals surface area contributed by atoms with Gasteiger partial charge in [-0.15, -0.1) is 0 Å². The van der Waals surface area contributed by atoms with Gasteiger partial charge in [0.25, 0.3) is 0 Å². The topological polar surface area (TPSA) is 127 Å². The van der Waals surface area contributed by atoms with Crippen molar-refractivity contribution in [2.45, 2.75) is 19.3 Å². The minimum absolute atomic E-state index is 0.110. The first kappa shape index (κ1) is 30.9. The van der Waals surface area contributed by atoms with Crippen LogP contribution >= 0.6 is 21.6 Å². The molecule has 0 radical (unpaired) electrons. The molecule has 5 fully saturated rings. The fraction of sp³-hybridized carbons (Fsp3) is 0.405. The smallest absolute Gasteiger partial charge is 0.312 e. The summed E-state index contributed by atoms with van der Waals surface area (Å²) in [7, 11) is 2.90. The fourth-order valence-electron chi connectivity index (χ4n) is 9.37. The highest BCUT2D eigenvalue weighted by molar-refractivity contribution is 8.76. The lowest BCUT2D eigenvalue weighted by Gasteiger charge is -2.17. The van der Waals surface area contributed by atoms with Crippen LogP contribution in [-0.4, -0.2) is 47.1 Å². The summed E-state index contributed by atoms with van der Waals surface area (Å²) in [5.41, 5.74) is 0.994. The molecule has 2 aromatic carbocycles. The van der Waals surface area contributed by atoms with Crippen LogP contribution in [0, 0.1) is 59.2 Å². The summed E-state index contributed by atoms with van der Waals surface area (Å²) in [6.45, 7) is 0. The third kappa shape index (κ3) is 4.92. The van der Waals surface area contributed by atoms with E-state index in [0.717, 1.165) is 6.42 Å². The second kappa shape index (κ2) is 11.7. The molecule has 12 heteroatoms. The largest absolute Gasteiger partial charge is 0.427 e. The van der Waals surface area contributed by atoms with Gasteiger partial charge in [-0.05, 0) is 90.5 Å². The molecular weight excluding hydrogens is 665 g/mol. The monoisotopic (exact) mass is 696 g/mol. The van der Waals surface area contributed by atoms with Crippen molar-refractivity contribution in [2.75, 3.05) is 21.3 Å². The van der Waals surface area contributed by atoms with Crippen LogP contribution < -0.4 is 19.3 Å². The van der Waals surface area contributed by atoms with Gasteiger partial charge in [0.05, 0.1) is 47.9 Å². The maximum Gasteiger partial charge on any atom is 0.312 e. The van der Waals surface area contributed by atoms with E-state index in [9.17, 15) is 28.8 Å². The number of hydrogen-bond acceptors (Lipinski definition) is 10. The molecule has 49 heavy (non-hydrogen) atoms. The number of benzene rings is 2. The number of amides is 4. The summed E-state index contributed by atoms with van der Waals surface area (Å²) >= 11 is 0. The van der Waals surface area contributed by atoms with Gasteiger partial charge in [0, 0.05) is 11.5 Å². The molecule has 4 amide bonds. The lowest BCUT2D eigenvalue weighted by atomic mass is 9.85. The standard InChI is InChI=1S/C37H32N2O8S2/c40-26(46-22-7-3-20(4-8-22)38-34(42)28-18-1-2-19(17-18)29(28)35(38)43)13-15-48-49-16-14-27(41)47-23-9-5-21(6-10-23)39-36(44)32-25-12-11-24-30(25)31(24)33(32)37(39)45/h1-12,18-19,24-25,28-33H,13-17H2/t18?,19?,24?,25?,28-,29+,30?,31?,32-,33+/m1/s1. The van der Waals surface area contributed by atoms with Crippen LogP contribution in [0.25, 0.3) is 0 Å². The molecule has 2 heterocycles. The van der Waals surface area contributed by atoms with Gasteiger partial charge < -0.3 is 9.47 Å². The molecule has 250 valence electrons. The number of fused-ring (bicyclic) bond motifs is 9. The predicted molar refractivity (Wildman–Crippen MR) is 181 cm³/mol. The molecule has 9 rings (SSSR count). The van der Waals surface area contributed by atoms with Crippen molar-refractivity contribution in [1.82, 2.24) is 0 Å². The average Bonchev–Trinajstić information content (AvgIpc) is 3.68. The van der Waals surface area contributed by atoms with Gasteiger partial charge >= 0.3 is 11.9 Å². The van der Waals surface area contributed by atoms with Crippen LogP contribution in [0.15, 0.2) is 72.8 Å². The Morgan fingerprint density at radius 3 is 1.53 bits per heavy atom. The number of nitrogens with zero attached hydrogens (tertiary/aromatic N) is 2. The van der Waals surface area contributed by atoms with Crippen molar-refractivity contribution in [3.8, 4) is 11.5 Å². The number of ether oxygens (including phenoxy) is 2. The Bertz CT molecular complexity index is 1830. The quantitative estimate of drug-likeness (QED) is 0.0805. The van der Waals surface area contributed by atoms with Crippen molar-refractivity contribution in [3.05, 3.63) is 72.8 Å². The van der Waals surface area contributed by atoms with Gasteiger partial charge in [0.1, 0.15) is 11.5 Å². The first-order valence-corrected chi connectivity index (χ1v) is 19.3. The Hall–Kier alpha value is -4.16. The van der Waals surface area contributed by atoms with Crippen molar-refractivity contribution < 1.29 is 38.2 Å². The zero-order valence-corrected chi connectivity index (χ0v) is 27.8. The highest BCUT2D eigenvalue weighted by Gasteiger charge is 2.74. The molecule has 0 spiro atoms. The number of rotatable bonds is 11. The molecule has 2 aromatic rings. The van der Waals surface area contributed by atoms with Crippen LogP contribution in [0.3, 0.4) is 0 Å². The van der Waals surface area contributed by atoms with Crippen LogP contribution in [0.5, 0.6) is 11.5 Å². The minimum atomic E-state index is -0.407. The average molecular weight is 697 g/mol. The number of carbonyl (C=O) groups excluding carboxylic acids is 6. The normalized spacial score (nSPS) is 33.8. The van der Waals surface area contributed by atoms with E-state index >= 15 is 0 Å². The molecule has 10 atom stereocenters. The van der Waals surface area contributed by atoms with Gasteiger partial charge in [-0.25, -0.2) is 0 Å². The Balaban J connectivity index is 0.678. The maximum atomic E-state index is 13.2. The number of hydrogen-bond donors (Lipinski definition) is 0. The molecule has 6 unspecified atom stereocenters. The highest BCUT2D eigenvalue weighted by Crippen LogP contribution is 2.71. The van der Waals surface area contributed by atoms with Gasteiger partial charge in [-0.2, -0.15) is 0 Å². The molecule has 3 saturated carbocycles. The molecule has 0 N–H and O–H groups in total. The molecule has 2 saturated heterocycles. The Kier molecular flexibility index (Phi) is 7.39. The molecule has 0 aromatic heterocycles. The molecular formula is C37H32N2O8S2. The third-order valence-electron chi connectivity index (χ3n) is 11.4. The van der Waals surface area contributed by atoms with Crippen LogP contribution in [0.1, 0.15) is 19.3 Å². The number of imide groups is 2. The minimum Gasteiger partial charge on any atom is -0.427 e. The van der Waals surface area contributed by atoms with E-state index in [1.54, 1.807) is 48.5 Å². The molecule has 2 bridgehead atoms. The lowest BCUT2D eigenvalue weighted by molar-refractivity contribution is -0.134. The van der Waals surface area contributed by atoms with E-state index < -0.39 is 11.9 Å². The van der Waals surface area contributed by atoms with Crippen molar-refractivity contribution in [1.29, 1.82) is 0 Å². The Morgan fingerprint density at radius 2 is 1.02 bits per heavy atom. The van der Waals surface area contributed by atoms with E-state index in [0.29, 0.717) is 52.1 Å². The number of allylic oxidation sites excluding steroid dienone is 4. The first-order chi connectivity index (χ1) is 23.8. The summed E-state index contributed by atoms with van der Waals surface area (Å²) in [6.07, 6.45) is 9.64. The molecule has 5 aliphatic carbocycles. The molecule has 7 aliphatic rings. The fourth-order valence-corrected chi connectivity index (χ4v) is 11.3. The van der Waals surface area contributed by atoms with Crippen molar-refractivity contribution in [3.63, 3.8) is 0 Å². The van der Waals surface area contributed by atoms with Crippen LogP contribution in [0.4, 0.5) is 11.4 Å². The second-order valence-electron chi connectivity index (χ2n) is 13.8. The van der Waals surface area contributed by atoms with E-state index in [2.05, 4.69) is 24.3 Å². The van der Waals surface area contributed by atoms with Gasteiger partial charge in [0.15, 0.2) is 0 Å². The van der Waals surface area contributed by atoms with E-state index in [4.69, 9.17) is 9.47 Å². The number of carbonyl (C=O) groups is 6. The zero-order valence-electron chi connectivity index (χ0n) is 26.2. The lowest BCUT2D eigenvalue weighted by Crippen LogP contribution is -2.32. The zero-order chi connectivity index (χ0) is 33.6. The maximum absolute atomic E-state index is 13.2. The Labute approximate surface area is 290 Å². The van der Waals surface area contributed by atoms with E-state index in [1.807, 2.05) is 0 Å². The van der Waals surface area contributed by atoms with Crippen LogP contribution in [-0.2, 0) is 28.8 Å². The van der Waals surface area contributed by atoms with Gasteiger partial charge in [-0.3, -0.25) is 38.6 Å². The first-order valence-electron chi connectivity index (χ1n) is 16.8. The highest BCUT2D eigenvalue weighted by atomic mass is 33.1. The molecule has 2 aliphatic heterocycles. The van der Waals surface area contributed by atoms with Gasteiger partial charge in [-0.1, -0.05) is 45.9 Å². The molecule has 10 nitrogen and oxygen atoms in total. The van der Waals surface area contributed by atoms with Crippen LogP contribution in [0.2, 0.25) is 0 Å². The number of esters is 2. The third-order valence-corrected chi connectivity index (χ3v) is 13.8. The van der Waals surface area contributed by atoms with E-state index in [-0.39, 0.29) is 77.9 Å². The SMILES string of the molecule is O=C(CCSSCCC(=O)Oc1ccc(N2C(=O)[C@@H]3C4C=CC5C4C5[C@@H]3C2=O)cc1)Oc1ccc(N2C(=O)[C@@H]3C4C=CC(C4)[C@@H]3C2=O)cc1. The number of anilines is 2. The van der Waals surface area contributed by atoms with Gasteiger partial charge in [0.2, 0.25) is 23.6 Å². The summed E-state index contributed by atoms with van der Waals surface area (Å²) in [6, 6.07) is 13.0. The van der Waals surface area contributed by atoms with Crippen molar-refractivity contribution in [2.24, 2.45) is 59.2 Å². The Morgan fingerprint density at radius 1 is 0.571 bits per heavy atom.